The van der Waals surface area contributed by atoms with Crippen LogP contribution in [0.1, 0.15) is 13.3 Å². The summed E-state index contributed by atoms with van der Waals surface area (Å²) in [6.07, 6.45) is -1.15. The Labute approximate surface area is 54.1 Å². The van der Waals surface area contributed by atoms with Gasteiger partial charge >= 0.3 is 12.0 Å². The molecule has 0 aromatic heterocycles. The molecule has 0 aliphatic rings. The summed E-state index contributed by atoms with van der Waals surface area (Å²) in [5.41, 5.74) is 0.780. The molecule has 0 aliphatic carbocycles. The molecule has 0 heterocycles. The van der Waals surface area contributed by atoms with Gasteiger partial charge in [-0.3, -0.25) is 0 Å². The van der Waals surface area contributed by atoms with Gasteiger partial charge in [0.2, 0.25) is 0 Å². The summed E-state index contributed by atoms with van der Waals surface area (Å²) in [6, 6.07) is -4.89. The van der Waals surface area contributed by atoms with Crippen LogP contribution >= 0.6 is 0 Å². The average Bonchev–Trinajstić information content (AvgIpc) is 1.88. The molecule has 1 radical (unpaired) electrons. The zero-order chi connectivity index (χ0) is 8.41. The first-order valence-electron chi connectivity index (χ1n) is 2.46. The molecule has 0 fully saturated rings. The average molecular weight is 162 g/mol. The minimum atomic E-state index is -4.89. The van der Waals surface area contributed by atoms with E-state index in [0.717, 1.165) is 12.5 Å². The molecule has 0 spiro atoms. The van der Waals surface area contributed by atoms with Crippen LogP contribution in [0.3, 0.4) is 0 Å². The number of alkyl halides is 4. The van der Waals surface area contributed by atoms with E-state index in [4.69, 9.17) is 0 Å². The Morgan fingerprint density at radius 1 is 1.20 bits per heavy atom. The van der Waals surface area contributed by atoms with E-state index >= 15 is 0 Å². The fourth-order valence-corrected chi connectivity index (χ4v) is 0.275. The SMILES string of the molecule is CCC(F)(F)C(F)(F)[N]F. The molecule has 0 bridgehead atoms. The monoisotopic (exact) mass is 162 g/mol. The van der Waals surface area contributed by atoms with Gasteiger partial charge in [-0.15, -0.1) is 4.48 Å². The molecule has 0 aromatic carbocycles. The maximum Gasteiger partial charge on any atom is 0.407 e. The van der Waals surface area contributed by atoms with E-state index in [9.17, 15) is 22.0 Å². The fraction of sp³-hybridized carbons (Fsp3) is 1.00. The molecule has 0 unspecified atom stereocenters. The van der Waals surface area contributed by atoms with Gasteiger partial charge in [0.1, 0.15) is 0 Å². The smallest absolute Gasteiger partial charge is 0.198 e. The minimum absolute atomic E-state index is 0.780. The van der Waals surface area contributed by atoms with Crippen molar-refractivity contribution in [1.82, 2.24) is 5.54 Å². The molecule has 0 rings (SSSR count). The van der Waals surface area contributed by atoms with Crippen LogP contribution in [0, 0.1) is 0 Å². The summed E-state index contributed by atoms with van der Waals surface area (Å²) in [7, 11) is 0. The predicted octanol–water partition coefficient (Wildman–Crippen LogP) is 2.11. The van der Waals surface area contributed by atoms with Crippen molar-refractivity contribution in [2.45, 2.75) is 25.3 Å². The summed E-state index contributed by atoms with van der Waals surface area (Å²) in [5, 5.41) is 0. The highest BCUT2D eigenvalue weighted by molar-refractivity contribution is 4.77. The zero-order valence-corrected chi connectivity index (χ0v) is 5.04. The molecule has 0 atom stereocenters. The Morgan fingerprint density at radius 3 is 1.70 bits per heavy atom. The molecular weight excluding hydrogens is 157 g/mol. The van der Waals surface area contributed by atoms with Crippen molar-refractivity contribution < 1.29 is 22.0 Å². The third-order valence-electron chi connectivity index (χ3n) is 0.990. The lowest BCUT2D eigenvalue weighted by atomic mass is 10.2. The van der Waals surface area contributed by atoms with Crippen molar-refractivity contribution in [2.24, 2.45) is 0 Å². The highest BCUT2D eigenvalue weighted by Gasteiger charge is 2.56. The zero-order valence-electron chi connectivity index (χ0n) is 5.04. The van der Waals surface area contributed by atoms with Crippen molar-refractivity contribution in [2.75, 3.05) is 0 Å². The number of halogens is 5. The Morgan fingerprint density at radius 2 is 1.60 bits per heavy atom. The minimum Gasteiger partial charge on any atom is -0.198 e. The largest absolute Gasteiger partial charge is 0.407 e. The molecular formula is C4H5F5N. The molecule has 6 heteroatoms. The first-order chi connectivity index (χ1) is 4.37. The second-order valence-corrected chi connectivity index (χ2v) is 1.68. The first-order valence-corrected chi connectivity index (χ1v) is 2.46. The van der Waals surface area contributed by atoms with E-state index in [-0.39, 0.29) is 0 Å². The Kier molecular flexibility index (Phi) is 2.59. The van der Waals surface area contributed by atoms with Crippen LogP contribution < -0.4 is 5.54 Å². The standard InChI is InChI=1S/C4H5F5N/c1-2-3(5,6)4(7,8)10-9/h2H2,1H3. The first kappa shape index (κ1) is 9.61. The van der Waals surface area contributed by atoms with Gasteiger partial charge in [-0.25, -0.2) is 0 Å². The number of hydrogen-bond acceptors (Lipinski definition) is 0. The number of nitrogens with zero attached hydrogens (tertiary/aromatic N) is 1. The van der Waals surface area contributed by atoms with Gasteiger partial charge in [-0.2, -0.15) is 17.6 Å². The van der Waals surface area contributed by atoms with Crippen LogP contribution in [-0.2, 0) is 0 Å². The van der Waals surface area contributed by atoms with Crippen molar-refractivity contribution in [1.29, 1.82) is 0 Å². The molecule has 10 heavy (non-hydrogen) atoms. The molecule has 0 amide bonds. The molecule has 1 nitrogen and oxygen atoms in total. The predicted molar refractivity (Wildman–Crippen MR) is 23.4 cm³/mol. The topological polar surface area (TPSA) is 14.1 Å². The molecule has 0 aliphatic heterocycles. The van der Waals surface area contributed by atoms with Crippen molar-refractivity contribution in [3.63, 3.8) is 0 Å². The summed E-state index contributed by atoms with van der Waals surface area (Å²) in [6.45, 7) is 0.819. The lowest BCUT2D eigenvalue weighted by Gasteiger charge is -2.20. The molecule has 0 saturated carbocycles. The fourth-order valence-electron chi connectivity index (χ4n) is 0.275. The Hall–Kier alpha value is -0.390. The van der Waals surface area contributed by atoms with Gasteiger partial charge in [0, 0.05) is 12.0 Å². The van der Waals surface area contributed by atoms with E-state index in [1.165, 1.54) is 0 Å². The third-order valence-corrected chi connectivity index (χ3v) is 0.990. The van der Waals surface area contributed by atoms with Gasteiger partial charge in [0.15, 0.2) is 0 Å². The van der Waals surface area contributed by atoms with Gasteiger partial charge in [-0.1, -0.05) is 6.92 Å². The van der Waals surface area contributed by atoms with Crippen LogP contribution in [0.5, 0.6) is 0 Å². The quantitative estimate of drug-likeness (QED) is 0.445. The second kappa shape index (κ2) is 2.69. The van der Waals surface area contributed by atoms with Crippen LogP contribution in [0.15, 0.2) is 0 Å². The van der Waals surface area contributed by atoms with Gasteiger partial charge in [-0.05, 0) is 0 Å². The normalized spacial score (nSPS) is 13.8. The summed E-state index contributed by atoms with van der Waals surface area (Å²) in [4.78, 5) is 0. The highest BCUT2D eigenvalue weighted by Crippen LogP contribution is 2.35. The van der Waals surface area contributed by atoms with E-state index in [2.05, 4.69) is 0 Å². The van der Waals surface area contributed by atoms with Crippen LogP contribution in [-0.4, -0.2) is 12.0 Å². The Bertz CT molecular complexity index is 98.2. The highest BCUT2D eigenvalue weighted by atomic mass is 19.3. The van der Waals surface area contributed by atoms with Crippen molar-refractivity contribution in [3.8, 4) is 0 Å². The van der Waals surface area contributed by atoms with E-state index in [1.54, 1.807) is 0 Å². The summed E-state index contributed by atoms with van der Waals surface area (Å²) in [5.74, 6) is -4.39. The summed E-state index contributed by atoms with van der Waals surface area (Å²) >= 11 is 0. The van der Waals surface area contributed by atoms with Gasteiger partial charge in [0.05, 0.1) is 0 Å². The molecule has 61 valence electrons. The molecule has 0 saturated heterocycles. The molecule has 0 aromatic rings. The van der Waals surface area contributed by atoms with Gasteiger partial charge < -0.3 is 0 Å². The van der Waals surface area contributed by atoms with E-state index in [0.29, 0.717) is 0 Å². The van der Waals surface area contributed by atoms with E-state index < -0.39 is 18.4 Å². The molecule has 0 N–H and O–H groups in total. The van der Waals surface area contributed by atoms with Crippen molar-refractivity contribution in [3.05, 3.63) is 0 Å². The van der Waals surface area contributed by atoms with Crippen LogP contribution in [0.25, 0.3) is 0 Å². The second-order valence-electron chi connectivity index (χ2n) is 1.68. The maximum absolute atomic E-state index is 11.8. The number of rotatable bonds is 3. The number of hydrogen-bond donors (Lipinski definition) is 0. The van der Waals surface area contributed by atoms with Crippen molar-refractivity contribution >= 4 is 0 Å². The third kappa shape index (κ3) is 1.56. The maximum atomic E-state index is 11.8. The van der Waals surface area contributed by atoms with Crippen LogP contribution in [0.2, 0.25) is 0 Å². The van der Waals surface area contributed by atoms with E-state index in [1.807, 2.05) is 0 Å². The lowest BCUT2D eigenvalue weighted by molar-refractivity contribution is -0.252. The van der Waals surface area contributed by atoms with Crippen LogP contribution in [0.4, 0.5) is 22.0 Å². The van der Waals surface area contributed by atoms with Gasteiger partial charge in [0.25, 0.3) is 0 Å². The summed E-state index contributed by atoms with van der Waals surface area (Å²) < 4.78 is 57.8. The lowest BCUT2D eigenvalue weighted by Crippen LogP contribution is -2.44. The Balaban J connectivity index is 4.28.